The topological polar surface area (TPSA) is 15.3 Å². The zero-order valence-corrected chi connectivity index (χ0v) is 9.18. The van der Waals surface area contributed by atoms with E-state index < -0.39 is 0 Å². The van der Waals surface area contributed by atoms with E-state index in [1.165, 1.54) is 0 Å². The van der Waals surface area contributed by atoms with Gasteiger partial charge in [0.1, 0.15) is 0 Å². The van der Waals surface area contributed by atoms with Crippen molar-refractivity contribution in [3.8, 4) is 0 Å². The van der Waals surface area contributed by atoms with E-state index in [0.717, 1.165) is 19.8 Å². The molecule has 73 valence electrons. The molecule has 2 nitrogen and oxygen atoms in total. The van der Waals surface area contributed by atoms with E-state index in [1.54, 1.807) is 0 Å². The molecule has 0 aromatic heterocycles. The number of rotatable bonds is 4. The first-order valence-corrected chi connectivity index (χ1v) is 2.99. The largest absolute Gasteiger partial charge is 0.358 e. The van der Waals surface area contributed by atoms with Crippen LogP contribution in [-0.4, -0.2) is 31.7 Å². The molecule has 0 aliphatic carbocycles. The van der Waals surface area contributed by atoms with E-state index in [4.69, 9.17) is 0 Å². The van der Waals surface area contributed by atoms with Gasteiger partial charge in [0.2, 0.25) is 0 Å². The number of hydrogen-bond donors (Lipinski definition) is 1. The van der Waals surface area contributed by atoms with Gasteiger partial charge in [-0.1, -0.05) is 6.92 Å². The number of nitrogens with zero attached hydrogens (tertiary/aromatic N) is 1. The van der Waals surface area contributed by atoms with Crippen LogP contribution < -0.4 is 5.32 Å². The first-order chi connectivity index (χ1) is 3.81. The summed E-state index contributed by atoms with van der Waals surface area (Å²) in [6, 6.07) is 0. The van der Waals surface area contributed by atoms with E-state index in [9.17, 15) is 0 Å². The van der Waals surface area contributed by atoms with Crippen molar-refractivity contribution in [3.05, 3.63) is 14.4 Å². The quantitative estimate of drug-likeness (QED) is 0.562. The van der Waals surface area contributed by atoms with Crippen molar-refractivity contribution in [2.75, 3.05) is 26.8 Å². The molecule has 1 radical (unpaired) electrons. The third-order valence-corrected chi connectivity index (χ3v) is 1.10. The van der Waals surface area contributed by atoms with Crippen LogP contribution in [0.2, 0.25) is 0 Å². The molecule has 10 heavy (non-hydrogen) atoms. The van der Waals surface area contributed by atoms with Crippen LogP contribution in [0.5, 0.6) is 0 Å². The summed E-state index contributed by atoms with van der Waals surface area (Å²) in [5.41, 5.74) is 0. The molecule has 0 spiro atoms. The predicted molar refractivity (Wildman–Crippen MR) is 42.9 cm³/mol. The molecular formula is C7H18LrN2-2. The Morgan fingerprint density at radius 2 is 2.00 bits per heavy atom. The third kappa shape index (κ3) is 10.0. The summed E-state index contributed by atoms with van der Waals surface area (Å²) in [5, 5.41) is 3.11. The first kappa shape index (κ1) is 16.0. The minimum absolute atomic E-state index is 0. The molecule has 0 aliphatic rings. The van der Waals surface area contributed by atoms with Crippen LogP contribution in [0, 0.1) is 14.4 Å². The number of hydrogen-bond acceptors (Lipinski definition) is 2. The van der Waals surface area contributed by atoms with Crippen molar-refractivity contribution in [2.45, 2.75) is 6.92 Å². The molecule has 3 heteroatoms. The molecule has 0 unspecified atom stereocenters. The van der Waals surface area contributed by atoms with Gasteiger partial charge in [0.15, 0.2) is 0 Å². The van der Waals surface area contributed by atoms with Crippen LogP contribution in [-0.2, 0) is 0 Å². The SMILES string of the molecule is [CH2-]CNCN(C)CC.[CH3-].[Lr]. The van der Waals surface area contributed by atoms with Crippen LogP contribution in [0.1, 0.15) is 6.92 Å². The molecule has 1 N–H and O–H groups in total. The Balaban J connectivity index is -0.000000245. The molecule has 0 aromatic carbocycles. The zero-order chi connectivity index (χ0) is 6.41. The fourth-order valence-electron chi connectivity index (χ4n) is 0.382. The van der Waals surface area contributed by atoms with Gasteiger partial charge >= 0.3 is 0 Å². The van der Waals surface area contributed by atoms with E-state index >= 15 is 0 Å². The molecule has 0 aliphatic heterocycles. The van der Waals surface area contributed by atoms with Gasteiger partial charge in [-0.15, -0.1) is 6.54 Å². The van der Waals surface area contributed by atoms with Gasteiger partial charge in [0, 0.05) is 6.67 Å². The predicted octanol–water partition coefficient (Wildman–Crippen LogP) is 0.770. The van der Waals surface area contributed by atoms with Crippen molar-refractivity contribution in [3.63, 3.8) is 0 Å². The van der Waals surface area contributed by atoms with Gasteiger partial charge in [-0.3, -0.25) is 4.90 Å². The minimum atomic E-state index is 0. The van der Waals surface area contributed by atoms with Gasteiger partial charge in [0.05, 0.1) is 0 Å². The fraction of sp³-hybridized carbons (Fsp3) is 0.714. The molecule has 0 heterocycles. The molecular weight excluding hydrogens is 374 g/mol. The van der Waals surface area contributed by atoms with Gasteiger partial charge in [-0.05, 0) is 13.6 Å². The Morgan fingerprint density at radius 3 is 2.30 bits per heavy atom. The van der Waals surface area contributed by atoms with Crippen molar-refractivity contribution in [1.82, 2.24) is 10.2 Å². The van der Waals surface area contributed by atoms with Gasteiger partial charge in [0.25, 0.3) is 0 Å². The molecule has 0 saturated carbocycles. The number of nitrogens with one attached hydrogen (secondary N) is 1. The van der Waals surface area contributed by atoms with Crippen molar-refractivity contribution >= 4 is 0 Å². The van der Waals surface area contributed by atoms with E-state index in [-0.39, 0.29) is 7.43 Å². The van der Waals surface area contributed by atoms with Crippen LogP contribution in [0.4, 0.5) is 0 Å². The normalized spacial score (nSPS) is 8.40. The molecule has 0 saturated heterocycles. The Hall–Kier alpha value is -1.08. The fourth-order valence-corrected chi connectivity index (χ4v) is 0.382. The van der Waals surface area contributed by atoms with Crippen LogP contribution in [0.15, 0.2) is 0 Å². The summed E-state index contributed by atoms with van der Waals surface area (Å²) in [6.45, 7) is 8.63. The Bertz CT molecular complexity index is 50.9. The van der Waals surface area contributed by atoms with Gasteiger partial charge in [-0.25, -0.2) is 0 Å². The van der Waals surface area contributed by atoms with Gasteiger partial charge < -0.3 is 19.7 Å². The molecule has 0 bridgehead atoms. The Morgan fingerprint density at radius 1 is 1.50 bits per heavy atom. The van der Waals surface area contributed by atoms with Crippen LogP contribution in [0.3, 0.4) is 0 Å². The second-order valence-corrected chi connectivity index (χ2v) is 1.83. The van der Waals surface area contributed by atoms with Gasteiger partial charge in [-0.2, -0.15) is 0 Å². The monoisotopic (exact) mass is 392 g/mol. The maximum atomic E-state index is 3.65. The van der Waals surface area contributed by atoms with E-state index in [0.29, 0.717) is 0 Å². The zero-order valence-electron chi connectivity index (χ0n) is 7.03. The average Bonchev–Trinajstić information content (AvgIpc) is 1.83. The summed E-state index contributed by atoms with van der Waals surface area (Å²) in [6.07, 6.45) is 0. The summed E-state index contributed by atoms with van der Waals surface area (Å²) in [4.78, 5) is 2.19. The van der Waals surface area contributed by atoms with E-state index in [1.807, 2.05) is 0 Å². The minimum Gasteiger partial charge on any atom is -0.358 e. The van der Waals surface area contributed by atoms with Crippen LogP contribution >= 0.6 is 0 Å². The second kappa shape index (κ2) is 10.8. The molecule has 0 rings (SSSR count). The Kier molecular flexibility index (Phi) is 17.3. The summed E-state index contributed by atoms with van der Waals surface area (Å²) < 4.78 is 0. The molecule has 0 amide bonds. The maximum absolute atomic E-state index is 3.65. The second-order valence-electron chi connectivity index (χ2n) is 1.83. The maximum Gasteiger partial charge on any atom is 0.0454 e. The smallest absolute Gasteiger partial charge is 0.0454 e. The summed E-state index contributed by atoms with van der Waals surface area (Å²) >= 11 is 0. The average molecular weight is 392 g/mol. The summed E-state index contributed by atoms with van der Waals surface area (Å²) in [5.74, 6) is 0. The van der Waals surface area contributed by atoms with Crippen molar-refractivity contribution in [2.24, 2.45) is 0 Å². The van der Waals surface area contributed by atoms with Crippen molar-refractivity contribution in [1.29, 1.82) is 0 Å². The molecule has 0 fully saturated rings. The Labute approximate surface area is 59.2 Å². The van der Waals surface area contributed by atoms with Crippen LogP contribution in [0.25, 0.3) is 0 Å². The molecule has 0 atom stereocenters. The first-order valence-electron chi connectivity index (χ1n) is 2.99. The standard InChI is InChI=1S/C6H15N2.CH3.Lr/c1-4-7-6-8(3)5-2;;/h7H,1,4-6H2,2-3H3;1H3;/q2*-1;. The van der Waals surface area contributed by atoms with Crippen molar-refractivity contribution < 1.29 is 0 Å². The molecule has 0 aromatic rings. The van der Waals surface area contributed by atoms with E-state index in [2.05, 4.69) is 31.1 Å². The third-order valence-electron chi connectivity index (χ3n) is 1.10. The summed E-state index contributed by atoms with van der Waals surface area (Å²) in [7, 11) is 2.07.